The number of rotatable bonds is 7. The molecule has 1 aromatic heterocycles. The minimum absolute atomic E-state index is 0.136. The van der Waals surface area contributed by atoms with E-state index in [2.05, 4.69) is 10.3 Å². The first kappa shape index (κ1) is 19.5. The number of nitrogen functional groups attached to an aromatic ring is 1. The highest BCUT2D eigenvalue weighted by molar-refractivity contribution is 6.33. The Labute approximate surface area is 157 Å². The Balaban J connectivity index is 1.90. The number of nitrogens with zero attached hydrogens (tertiary/aromatic N) is 2. The van der Waals surface area contributed by atoms with Gasteiger partial charge >= 0.3 is 0 Å². The van der Waals surface area contributed by atoms with E-state index < -0.39 is 5.91 Å². The lowest BCUT2D eigenvalue weighted by molar-refractivity contribution is -0.128. The molecule has 26 heavy (non-hydrogen) atoms. The van der Waals surface area contributed by atoms with E-state index in [1.807, 2.05) is 18.2 Å². The van der Waals surface area contributed by atoms with E-state index in [-0.39, 0.29) is 23.0 Å². The summed E-state index contributed by atoms with van der Waals surface area (Å²) in [5, 5.41) is 2.82. The van der Waals surface area contributed by atoms with Gasteiger partial charge < -0.3 is 20.7 Å². The lowest BCUT2D eigenvalue weighted by Gasteiger charge is -2.17. The molecule has 0 aliphatic rings. The first-order chi connectivity index (χ1) is 12.4. The number of carbonyl (C=O) groups is 2. The Bertz CT molecular complexity index is 784. The molecule has 3 N–H and O–H groups in total. The number of likely N-dealkylation sites (N-methyl/N-ethyl adjacent to an activating group) is 1. The molecule has 0 fully saturated rings. The van der Waals surface area contributed by atoms with Crippen LogP contribution in [0.25, 0.3) is 0 Å². The zero-order valence-electron chi connectivity index (χ0n) is 14.7. The molecule has 0 radical (unpaired) electrons. The summed E-state index contributed by atoms with van der Waals surface area (Å²) < 4.78 is 5.14. The number of halogens is 1. The van der Waals surface area contributed by atoms with Gasteiger partial charge in [-0.15, -0.1) is 0 Å². The van der Waals surface area contributed by atoms with E-state index in [0.29, 0.717) is 24.4 Å². The van der Waals surface area contributed by atoms with Crippen molar-refractivity contribution in [2.24, 2.45) is 0 Å². The van der Waals surface area contributed by atoms with E-state index in [0.717, 1.165) is 5.69 Å². The van der Waals surface area contributed by atoms with Gasteiger partial charge in [0.15, 0.2) is 0 Å². The highest BCUT2D eigenvalue weighted by Gasteiger charge is 2.17. The number of benzene rings is 1. The van der Waals surface area contributed by atoms with E-state index >= 15 is 0 Å². The van der Waals surface area contributed by atoms with E-state index in [1.54, 1.807) is 18.1 Å². The van der Waals surface area contributed by atoms with Crippen molar-refractivity contribution >= 4 is 29.1 Å². The molecule has 1 heterocycles. The Morgan fingerprint density at radius 3 is 2.77 bits per heavy atom. The second-order valence-electron chi connectivity index (χ2n) is 5.64. The summed E-state index contributed by atoms with van der Waals surface area (Å²) in [5.74, 6) is -0.384. The first-order valence-electron chi connectivity index (χ1n) is 7.97. The third-order valence-corrected chi connectivity index (χ3v) is 4.15. The molecule has 2 rings (SSSR count). The van der Waals surface area contributed by atoms with Crippen molar-refractivity contribution in [3.05, 3.63) is 52.8 Å². The van der Waals surface area contributed by atoms with Crippen LogP contribution in [0.2, 0.25) is 5.02 Å². The molecule has 1 aromatic carbocycles. The second kappa shape index (κ2) is 9.05. The zero-order chi connectivity index (χ0) is 19.1. The third kappa shape index (κ3) is 5.10. The average molecular weight is 377 g/mol. The van der Waals surface area contributed by atoms with Crippen molar-refractivity contribution in [3.8, 4) is 5.75 Å². The Hall–Kier alpha value is -2.80. The fraction of sp³-hybridized carbons (Fsp3) is 0.278. The number of amides is 2. The lowest BCUT2D eigenvalue weighted by atomic mass is 10.1. The molecule has 7 nitrogen and oxygen atoms in total. The monoisotopic (exact) mass is 376 g/mol. The quantitative estimate of drug-likeness (QED) is 0.717. The molecule has 8 heteroatoms. The lowest BCUT2D eigenvalue weighted by Crippen LogP contribution is -2.39. The van der Waals surface area contributed by atoms with Crippen molar-refractivity contribution in [3.63, 3.8) is 0 Å². The maximum absolute atomic E-state index is 12.3. The summed E-state index contributed by atoms with van der Waals surface area (Å²) in [6.45, 7) is 0.367. The van der Waals surface area contributed by atoms with Gasteiger partial charge in [-0.3, -0.25) is 14.6 Å². The molecular formula is C18H21ClN4O3. The third-order valence-electron chi connectivity index (χ3n) is 3.82. The van der Waals surface area contributed by atoms with E-state index in [1.165, 1.54) is 19.2 Å². The largest absolute Gasteiger partial charge is 0.496 e. The van der Waals surface area contributed by atoms with Crippen molar-refractivity contribution < 1.29 is 14.3 Å². The highest BCUT2D eigenvalue weighted by Crippen LogP contribution is 2.28. The van der Waals surface area contributed by atoms with Crippen LogP contribution in [0.3, 0.4) is 0 Å². The number of methoxy groups -OCH3 is 1. The molecule has 0 saturated carbocycles. The van der Waals surface area contributed by atoms with Gasteiger partial charge in [0, 0.05) is 38.0 Å². The Morgan fingerprint density at radius 2 is 2.12 bits per heavy atom. The molecule has 0 aliphatic carbocycles. The standard InChI is InChI=1S/C18H21ClN4O3/c1-23(8-6-12-5-3-4-7-21-12)17(24)11-22-18(25)13-9-14(19)15(20)10-16(13)26-2/h3-5,7,9-10H,6,8,11,20H2,1-2H3,(H,22,25). The van der Waals surface area contributed by atoms with Crippen molar-refractivity contribution in [1.82, 2.24) is 15.2 Å². The number of hydrogen-bond acceptors (Lipinski definition) is 5. The minimum atomic E-state index is -0.463. The van der Waals surface area contributed by atoms with Crippen LogP contribution in [0.4, 0.5) is 5.69 Å². The van der Waals surface area contributed by atoms with E-state index in [4.69, 9.17) is 22.1 Å². The van der Waals surface area contributed by atoms with Crippen molar-refractivity contribution in [1.29, 1.82) is 0 Å². The zero-order valence-corrected chi connectivity index (χ0v) is 15.4. The summed E-state index contributed by atoms with van der Waals surface area (Å²) in [6, 6.07) is 8.52. The summed E-state index contributed by atoms with van der Waals surface area (Å²) in [5.41, 5.74) is 7.13. The fourth-order valence-electron chi connectivity index (χ4n) is 2.25. The number of aromatic nitrogens is 1. The molecule has 0 spiro atoms. The van der Waals surface area contributed by atoms with Crippen LogP contribution in [0.1, 0.15) is 16.1 Å². The van der Waals surface area contributed by atoms with Crippen LogP contribution >= 0.6 is 11.6 Å². The van der Waals surface area contributed by atoms with Gasteiger partial charge in [0.05, 0.1) is 29.9 Å². The fourth-order valence-corrected chi connectivity index (χ4v) is 2.42. The van der Waals surface area contributed by atoms with Crippen LogP contribution in [-0.2, 0) is 11.2 Å². The summed E-state index contributed by atoms with van der Waals surface area (Å²) >= 11 is 5.96. The van der Waals surface area contributed by atoms with Crippen LogP contribution in [0, 0.1) is 0 Å². The van der Waals surface area contributed by atoms with Crippen molar-refractivity contribution in [2.75, 3.05) is 33.0 Å². The van der Waals surface area contributed by atoms with Crippen LogP contribution in [-0.4, -0.2) is 48.9 Å². The minimum Gasteiger partial charge on any atom is -0.496 e. The summed E-state index contributed by atoms with van der Waals surface area (Å²) in [4.78, 5) is 30.3. The topological polar surface area (TPSA) is 97.5 Å². The predicted octanol–water partition coefficient (Wildman–Crippen LogP) is 1.76. The van der Waals surface area contributed by atoms with Gasteiger partial charge in [-0.2, -0.15) is 0 Å². The number of pyridine rings is 1. The molecule has 0 bridgehead atoms. The van der Waals surface area contributed by atoms with Gasteiger partial charge in [0.1, 0.15) is 5.75 Å². The second-order valence-corrected chi connectivity index (χ2v) is 6.05. The van der Waals surface area contributed by atoms with Crippen LogP contribution in [0.5, 0.6) is 5.75 Å². The molecule has 138 valence electrons. The number of carbonyl (C=O) groups excluding carboxylic acids is 2. The highest BCUT2D eigenvalue weighted by atomic mass is 35.5. The van der Waals surface area contributed by atoms with E-state index in [9.17, 15) is 9.59 Å². The Morgan fingerprint density at radius 1 is 1.35 bits per heavy atom. The van der Waals surface area contributed by atoms with Crippen LogP contribution in [0.15, 0.2) is 36.5 Å². The smallest absolute Gasteiger partial charge is 0.255 e. The number of anilines is 1. The molecule has 0 saturated heterocycles. The predicted molar refractivity (Wildman–Crippen MR) is 100 cm³/mol. The van der Waals surface area contributed by atoms with Gasteiger partial charge in [-0.1, -0.05) is 17.7 Å². The van der Waals surface area contributed by atoms with Gasteiger partial charge in [-0.25, -0.2) is 0 Å². The normalized spacial score (nSPS) is 10.3. The van der Waals surface area contributed by atoms with Crippen molar-refractivity contribution in [2.45, 2.75) is 6.42 Å². The molecular weight excluding hydrogens is 356 g/mol. The van der Waals surface area contributed by atoms with Gasteiger partial charge in [-0.05, 0) is 18.2 Å². The molecule has 0 aliphatic heterocycles. The molecule has 2 aromatic rings. The summed E-state index contributed by atoms with van der Waals surface area (Å²) in [7, 11) is 3.11. The Kier molecular flexibility index (Phi) is 6.80. The number of nitrogens with two attached hydrogens (primary N) is 1. The maximum atomic E-state index is 12.3. The van der Waals surface area contributed by atoms with Gasteiger partial charge in [0.25, 0.3) is 5.91 Å². The first-order valence-corrected chi connectivity index (χ1v) is 8.35. The summed E-state index contributed by atoms with van der Waals surface area (Å²) in [6.07, 6.45) is 2.35. The SMILES string of the molecule is COc1cc(N)c(Cl)cc1C(=O)NCC(=O)N(C)CCc1ccccn1. The molecule has 0 atom stereocenters. The average Bonchev–Trinajstić information content (AvgIpc) is 2.66. The van der Waals surface area contributed by atoms with Crippen LogP contribution < -0.4 is 15.8 Å². The van der Waals surface area contributed by atoms with Gasteiger partial charge in [0.2, 0.25) is 5.91 Å². The maximum Gasteiger partial charge on any atom is 0.255 e. The number of nitrogens with one attached hydrogen (secondary N) is 1. The molecule has 2 amide bonds. The molecule has 0 unspecified atom stereocenters. The number of ether oxygens (including phenoxy) is 1. The number of hydrogen-bond donors (Lipinski definition) is 2.